The average Bonchev–Trinajstić information content (AvgIpc) is 1.84. The van der Waals surface area contributed by atoms with Crippen molar-refractivity contribution in [3.63, 3.8) is 0 Å². The standard InChI is InChI=1S/C7H17NO3S/c1-7(2)8-12(9,10)6-4-5-11-3/h7-8H,4-6H2,1-3H3. The van der Waals surface area contributed by atoms with Crippen LogP contribution in [0, 0.1) is 0 Å². The van der Waals surface area contributed by atoms with Gasteiger partial charge in [-0.05, 0) is 20.3 Å². The van der Waals surface area contributed by atoms with Gasteiger partial charge in [-0.25, -0.2) is 13.1 Å². The van der Waals surface area contributed by atoms with Crippen molar-refractivity contribution in [3.8, 4) is 0 Å². The fourth-order valence-corrected chi connectivity index (χ4v) is 2.15. The zero-order valence-electron chi connectivity index (χ0n) is 7.83. The molecule has 0 unspecified atom stereocenters. The van der Waals surface area contributed by atoms with Gasteiger partial charge in [0, 0.05) is 19.8 Å². The summed E-state index contributed by atoms with van der Waals surface area (Å²) >= 11 is 0. The summed E-state index contributed by atoms with van der Waals surface area (Å²) in [4.78, 5) is 0. The summed E-state index contributed by atoms with van der Waals surface area (Å²) in [5, 5.41) is 0. The molecule has 0 bridgehead atoms. The van der Waals surface area contributed by atoms with Crippen LogP contribution in [0.25, 0.3) is 0 Å². The lowest BCUT2D eigenvalue weighted by molar-refractivity contribution is 0.199. The van der Waals surface area contributed by atoms with E-state index in [-0.39, 0.29) is 11.8 Å². The molecule has 12 heavy (non-hydrogen) atoms. The van der Waals surface area contributed by atoms with Crippen LogP contribution in [-0.4, -0.2) is 33.9 Å². The molecule has 0 aromatic rings. The quantitative estimate of drug-likeness (QED) is 0.622. The Morgan fingerprint density at radius 2 is 2.00 bits per heavy atom. The number of ether oxygens (including phenoxy) is 1. The zero-order chi connectivity index (χ0) is 9.61. The number of rotatable bonds is 6. The van der Waals surface area contributed by atoms with Crippen molar-refractivity contribution < 1.29 is 13.2 Å². The van der Waals surface area contributed by atoms with Crippen LogP contribution in [-0.2, 0) is 14.8 Å². The monoisotopic (exact) mass is 195 g/mol. The molecule has 5 heteroatoms. The van der Waals surface area contributed by atoms with Gasteiger partial charge in [-0.1, -0.05) is 0 Å². The lowest BCUT2D eigenvalue weighted by Crippen LogP contribution is -2.32. The largest absolute Gasteiger partial charge is 0.385 e. The first-order chi connectivity index (χ1) is 5.48. The van der Waals surface area contributed by atoms with E-state index in [0.717, 1.165) is 0 Å². The van der Waals surface area contributed by atoms with Gasteiger partial charge in [0.2, 0.25) is 10.0 Å². The minimum atomic E-state index is -3.08. The first kappa shape index (κ1) is 11.9. The fraction of sp³-hybridized carbons (Fsp3) is 1.00. The predicted octanol–water partition coefficient (Wildman–Crippen LogP) is 0.351. The van der Waals surface area contributed by atoms with Crippen molar-refractivity contribution in [1.29, 1.82) is 0 Å². The van der Waals surface area contributed by atoms with Crippen LogP contribution in [0.15, 0.2) is 0 Å². The summed E-state index contributed by atoms with van der Waals surface area (Å²) in [6.07, 6.45) is 0.540. The van der Waals surface area contributed by atoms with Crippen molar-refractivity contribution in [2.45, 2.75) is 26.3 Å². The number of nitrogens with one attached hydrogen (secondary N) is 1. The van der Waals surface area contributed by atoms with Gasteiger partial charge < -0.3 is 4.74 Å². The molecule has 0 rings (SSSR count). The fourth-order valence-electron chi connectivity index (χ4n) is 0.811. The predicted molar refractivity (Wildman–Crippen MR) is 48.6 cm³/mol. The Morgan fingerprint density at radius 1 is 1.42 bits per heavy atom. The number of methoxy groups -OCH3 is 1. The molecule has 4 nitrogen and oxygen atoms in total. The van der Waals surface area contributed by atoms with E-state index in [1.165, 1.54) is 0 Å². The highest BCUT2D eigenvalue weighted by Gasteiger charge is 2.10. The van der Waals surface area contributed by atoms with E-state index in [4.69, 9.17) is 4.74 Å². The van der Waals surface area contributed by atoms with Crippen LogP contribution in [0.5, 0.6) is 0 Å². The van der Waals surface area contributed by atoms with Gasteiger partial charge in [-0.2, -0.15) is 0 Å². The maximum absolute atomic E-state index is 11.1. The summed E-state index contributed by atoms with van der Waals surface area (Å²) < 4.78 is 29.5. The van der Waals surface area contributed by atoms with Crippen molar-refractivity contribution >= 4 is 10.0 Å². The number of hydrogen-bond acceptors (Lipinski definition) is 3. The molecule has 0 fully saturated rings. The molecule has 0 aliphatic rings. The first-order valence-electron chi connectivity index (χ1n) is 3.97. The van der Waals surface area contributed by atoms with Crippen LogP contribution in [0.3, 0.4) is 0 Å². The van der Waals surface area contributed by atoms with E-state index in [2.05, 4.69) is 4.72 Å². The molecule has 0 heterocycles. The van der Waals surface area contributed by atoms with Crippen LogP contribution in [0.2, 0.25) is 0 Å². The van der Waals surface area contributed by atoms with Gasteiger partial charge in [0.05, 0.1) is 5.75 Å². The van der Waals surface area contributed by atoms with Gasteiger partial charge in [0.1, 0.15) is 0 Å². The maximum Gasteiger partial charge on any atom is 0.211 e. The van der Waals surface area contributed by atoms with E-state index < -0.39 is 10.0 Å². The Hall–Kier alpha value is -0.130. The van der Waals surface area contributed by atoms with Crippen LogP contribution >= 0.6 is 0 Å². The normalized spacial score (nSPS) is 12.3. The number of hydrogen-bond donors (Lipinski definition) is 1. The topological polar surface area (TPSA) is 55.4 Å². The second kappa shape index (κ2) is 5.50. The van der Waals surface area contributed by atoms with Crippen molar-refractivity contribution in [2.75, 3.05) is 19.5 Å². The van der Waals surface area contributed by atoms with E-state index in [0.29, 0.717) is 13.0 Å². The van der Waals surface area contributed by atoms with Crippen molar-refractivity contribution in [2.24, 2.45) is 0 Å². The van der Waals surface area contributed by atoms with Gasteiger partial charge >= 0.3 is 0 Å². The molecule has 1 N–H and O–H groups in total. The lowest BCUT2D eigenvalue weighted by atomic mass is 10.4. The molecule has 0 spiro atoms. The smallest absolute Gasteiger partial charge is 0.211 e. The molecule has 0 aromatic carbocycles. The van der Waals surface area contributed by atoms with E-state index in [9.17, 15) is 8.42 Å². The third kappa shape index (κ3) is 6.57. The van der Waals surface area contributed by atoms with Crippen LogP contribution in [0.1, 0.15) is 20.3 Å². The maximum atomic E-state index is 11.1. The lowest BCUT2D eigenvalue weighted by Gasteiger charge is -2.08. The van der Waals surface area contributed by atoms with Gasteiger partial charge in [0.15, 0.2) is 0 Å². The molecule has 0 aromatic heterocycles. The van der Waals surface area contributed by atoms with Gasteiger partial charge in [0.25, 0.3) is 0 Å². The second-order valence-corrected chi connectivity index (χ2v) is 4.81. The van der Waals surface area contributed by atoms with Crippen molar-refractivity contribution in [3.05, 3.63) is 0 Å². The summed E-state index contributed by atoms with van der Waals surface area (Å²) in [5.41, 5.74) is 0. The Labute approximate surface area is 74.4 Å². The van der Waals surface area contributed by atoms with Crippen molar-refractivity contribution in [1.82, 2.24) is 4.72 Å². The minimum absolute atomic E-state index is 0.0301. The zero-order valence-corrected chi connectivity index (χ0v) is 8.65. The van der Waals surface area contributed by atoms with Crippen LogP contribution in [0.4, 0.5) is 0 Å². The Morgan fingerprint density at radius 3 is 2.42 bits per heavy atom. The molecule has 74 valence electrons. The van der Waals surface area contributed by atoms with E-state index in [1.807, 2.05) is 0 Å². The Bertz CT molecular complexity index is 199. The Kier molecular flexibility index (Phi) is 5.44. The summed E-state index contributed by atoms with van der Waals surface area (Å²) in [7, 11) is -1.53. The molecule has 0 amide bonds. The molecule has 0 radical (unpaired) electrons. The highest BCUT2D eigenvalue weighted by Crippen LogP contribution is 1.92. The van der Waals surface area contributed by atoms with Gasteiger partial charge in [-0.3, -0.25) is 0 Å². The highest BCUT2D eigenvalue weighted by molar-refractivity contribution is 7.89. The number of sulfonamides is 1. The average molecular weight is 195 g/mol. The first-order valence-corrected chi connectivity index (χ1v) is 5.62. The molecule has 0 aliphatic carbocycles. The third-order valence-electron chi connectivity index (χ3n) is 1.18. The second-order valence-electron chi connectivity index (χ2n) is 2.94. The summed E-state index contributed by atoms with van der Waals surface area (Å²) in [6.45, 7) is 4.08. The molecule has 0 atom stereocenters. The molecular weight excluding hydrogens is 178 g/mol. The summed E-state index contributed by atoms with van der Waals surface area (Å²) in [5.74, 6) is 0.138. The highest BCUT2D eigenvalue weighted by atomic mass is 32.2. The molecule has 0 saturated heterocycles. The van der Waals surface area contributed by atoms with E-state index in [1.54, 1.807) is 21.0 Å². The van der Waals surface area contributed by atoms with E-state index >= 15 is 0 Å². The summed E-state index contributed by atoms with van der Waals surface area (Å²) in [6, 6.07) is -0.0301. The Balaban J connectivity index is 3.73. The third-order valence-corrected chi connectivity index (χ3v) is 2.83. The molecule has 0 saturated carbocycles. The SMILES string of the molecule is COCCCS(=O)(=O)NC(C)C. The molecular formula is C7H17NO3S. The molecule has 0 aliphatic heterocycles. The minimum Gasteiger partial charge on any atom is -0.385 e. The van der Waals surface area contributed by atoms with Gasteiger partial charge in [-0.15, -0.1) is 0 Å². The van der Waals surface area contributed by atoms with Crippen LogP contribution < -0.4 is 4.72 Å².